The van der Waals surface area contributed by atoms with E-state index in [0.29, 0.717) is 0 Å². The van der Waals surface area contributed by atoms with Crippen LogP contribution in [0.25, 0.3) is 22.2 Å². The Labute approximate surface area is 187 Å². The number of ketones is 1. The summed E-state index contributed by atoms with van der Waals surface area (Å²) in [7, 11) is 0. The number of carbonyl (C=O) groups is 1. The molecule has 3 nitrogen and oxygen atoms in total. The summed E-state index contributed by atoms with van der Waals surface area (Å²) in [5, 5.41) is 9.58. The molecule has 1 aromatic heterocycles. The minimum Gasteiger partial charge on any atom is -0.512 e. The van der Waals surface area contributed by atoms with Crippen LogP contribution in [0.3, 0.4) is 0 Å². The maximum Gasteiger partial charge on any atom is 0.155 e. The predicted molar refractivity (Wildman–Crippen MR) is 117 cm³/mol. The molecule has 1 heterocycles. The number of fused-ring (bicyclic) bond motifs is 1. The molecule has 155 valence electrons. The molecular formula is C25H28IrNO2-. The molecule has 0 aliphatic carbocycles. The summed E-state index contributed by atoms with van der Waals surface area (Å²) in [4.78, 5) is 14.9. The molecule has 2 aromatic carbocycles. The fourth-order valence-corrected chi connectivity index (χ4v) is 3.18. The van der Waals surface area contributed by atoms with Gasteiger partial charge in [0.1, 0.15) is 0 Å². The molecule has 1 radical (unpaired) electrons. The molecule has 29 heavy (non-hydrogen) atoms. The van der Waals surface area contributed by atoms with Gasteiger partial charge in [-0.2, -0.15) is 0 Å². The first-order chi connectivity index (χ1) is 13.2. The average molecular weight is 567 g/mol. The van der Waals surface area contributed by atoms with E-state index in [1.54, 1.807) is 0 Å². The van der Waals surface area contributed by atoms with Gasteiger partial charge in [-0.25, -0.2) is 0 Å². The number of hydrogen-bond acceptors (Lipinski definition) is 3. The monoisotopic (exact) mass is 567 g/mol. The van der Waals surface area contributed by atoms with Crippen LogP contribution in [-0.2, 0) is 31.3 Å². The molecule has 0 saturated heterocycles. The van der Waals surface area contributed by atoms with Gasteiger partial charge in [-0.05, 0) is 61.5 Å². The fraction of sp³-hybridized carbons (Fsp3) is 0.280. The number of rotatable bonds is 3. The first-order valence-electron chi connectivity index (χ1n) is 9.48. The number of benzene rings is 2. The first-order valence-corrected chi connectivity index (χ1v) is 9.48. The second kappa shape index (κ2) is 11.0. The molecule has 0 spiro atoms. The SMILES string of the molecule is CC(=O)/C=C(/C)O.CCc1cc2ccc(-c3[c-]c(C)cc(C)c3)nc2cc1C.[Ir]. The van der Waals surface area contributed by atoms with Crippen LogP contribution in [0.2, 0.25) is 0 Å². The molecule has 0 fully saturated rings. The van der Waals surface area contributed by atoms with Crippen molar-refractivity contribution in [2.24, 2.45) is 0 Å². The number of hydrogen-bond donors (Lipinski definition) is 1. The Morgan fingerprint density at radius 3 is 2.31 bits per heavy atom. The van der Waals surface area contributed by atoms with E-state index in [4.69, 9.17) is 10.1 Å². The van der Waals surface area contributed by atoms with E-state index in [0.717, 1.165) is 28.8 Å². The number of aliphatic hydroxyl groups excluding tert-OH is 1. The van der Waals surface area contributed by atoms with Gasteiger partial charge in [-0.1, -0.05) is 32.9 Å². The van der Waals surface area contributed by atoms with E-state index in [-0.39, 0.29) is 31.6 Å². The number of aryl methyl sites for hydroxylation is 4. The summed E-state index contributed by atoms with van der Waals surface area (Å²) in [5.74, 6) is -0.0625. The van der Waals surface area contributed by atoms with Crippen molar-refractivity contribution in [1.29, 1.82) is 0 Å². The van der Waals surface area contributed by atoms with Crippen LogP contribution < -0.4 is 0 Å². The summed E-state index contributed by atoms with van der Waals surface area (Å²) in [6, 6.07) is 16.4. The fourth-order valence-electron chi connectivity index (χ4n) is 3.18. The van der Waals surface area contributed by atoms with Crippen molar-refractivity contribution in [2.45, 2.75) is 48.0 Å². The van der Waals surface area contributed by atoms with E-state index in [1.165, 1.54) is 42.0 Å². The van der Waals surface area contributed by atoms with Crippen molar-refractivity contribution >= 4 is 16.7 Å². The number of pyridine rings is 1. The number of aromatic nitrogens is 1. The second-order valence-corrected chi connectivity index (χ2v) is 7.17. The Morgan fingerprint density at radius 2 is 1.79 bits per heavy atom. The third kappa shape index (κ3) is 7.23. The summed E-state index contributed by atoms with van der Waals surface area (Å²) < 4.78 is 0. The molecular weight excluding hydrogens is 538 g/mol. The van der Waals surface area contributed by atoms with E-state index in [1.807, 2.05) is 0 Å². The third-order valence-electron chi connectivity index (χ3n) is 4.36. The van der Waals surface area contributed by atoms with E-state index < -0.39 is 0 Å². The molecule has 0 aliphatic rings. The zero-order valence-corrected chi connectivity index (χ0v) is 20.3. The summed E-state index contributed by atoms with van der Waals surface area (Å²) in [6.45, 7) is 11.4. The van der Waals surface area contributed by atoms with Crippen molar-refractivity contribution < 1.29 is 30.0 Å². The number of allylic oxidation sites excluding steroid dienone is 2. The van der Waals surface area contributed by atoms with Gasteiger partial charge in [0, 0.05) is 26.2 Å². The molecule has 1 N–H and O–H groups in total. The van der Waals surface area contributed by atoms with Crippen LogP contribution in [0.4, 0.5) is 0 Å². The summed E-state index contributed by atoms with van der Waals surface area (Å²) in [6.07, 6.45) is 2.23. The van der Waals surface area contributed by atoms with Gasteiger partial charge in [0.15, 0.2) is 5.78 Å². The molecule has 4 heteroatoms. The molecule has 0 bridgehead atoms. The van der Waals surface area contributed by atoms with Crippen LogP contribution in [0.15, 0.2) is 48.2 Å². The summed E-state index contributed by atoms with van der Waals surface area (Å²) >= 11 is 0. The molecule has 3 aromatic rings. The third-order valence-corrected chi connectivity index (χ3v) is 4.36. The van der Waals surface area contributed by atoms with Crippen molar-refractivity contribution in [2.75, 3.05) is 0 Å². The van der Waals surface area contributed by atoms with Crippen LogP contribution in [0, 0.1) is 26.8 Å². The van der Waals surface area contributed by atoms with Crippen LogP contribution in [0.5, 0.6) is 0 Å². The smallest absolute Gasteiger partial charge is 0.155 e. The van der Waals surface area contributed by atoms with Gasteiger partial charge < -0.3 is 5.11 Å². The van der Waals surface area contributed by atoms with Gasteiger partial charge in [0.05, 0.1) is 11.3 Å². The average Bonchev–Trinajstić information content (AvgIpc) is 2.59. The Balaban J connectivity index is 0.000000456. The van der Waals surface area contributed by atoms with E-state index in [9.17, 15) is 4.79 Å². The van der Waals surface area contributed by atoms with Crippen LogP contribution >= 0.6 is 0 Å². The molecule has 3 rings (SSSR count). The topological polar surface area (TPSA) is 50.2 Å². The van der Waals surface area contributed by atoms with Crippen molar-refractivity contribution in [3.63, 3.8) is 0 Å². The molecule has 0 amide bonds. The van der Waals surface area contributed by atoms with E-state index in [2.05, 4.69) is 70.2 Å². The Kier molecular flexibility index (Phi) is 9.42. The molecule has 0 unspecified atom stereocenters. The van der Waals surface area contributed by atoms with Crippen molar-refractivity contribution in [3.05, 3.63) is 76.6 Å². The summed E-state index contributed by atoms with van der Waals surface area (Å²) in [5.41, 5.74) is 8.26. The number of carbonyl (C=O) groups excluding carboxylic acids is 1. The predicted octanol–water partition coefficient (Wildman–Crippen LogP) is 6.22. The Hall–Kier alpha value is -2.29. The van der Waals surface area contributed by atoms with Crippen LogP contribution in [0.1, 0.15) is 43.0 Å². The van der Waals surface area contributed by atoms with Gasteiger partial charge in [-0.15, -0.1) is 34.9 Å². The Bertz CT molecular complexity index is 1010. The van der Waals surface area contributed by atoms with Gasteiger partial charge in [0.25, 0.3) is 0 Å². The van der Waals surface area contributed by atoms with Crippen molar-refractivity contribution in [1.82, 2.24) is 4.98 Å². The maximum atomic E-state index is 10.0. The quantitative estimate of drug-likeness (QED) is 0.233. The van der Waals surface area contributed by atoms with Gasteiger partial charge in [0.2, 0.25) is 0 Å². The minimum absolute atomic E-state index is 0. The molecule has 0 aliphatic heterocycles. The number of nitrogens with zero attached hydrogens (tertiary/aromatic N) is 1. The standard InChI is InChI=1S/C20H20N.C5H8O2.Ir/c1-5-16-12-17-6-7-19(21-20(17)11-15(16)4)18-9-13(2)8-14(3)10-18;1-4(6)3-5(2)7;/h6-9,11-12H,5H2,1-4H3;3,6H,1-2H3;/q-1;;/b;4-3-;. The Morgan fingerprint density at radius 1 is 1.10 bits per heavy atom. The second-order valence-electron chi connectivity index (χ2n) is 7.17. The first kappa shape index (κ1) is 24.7. The minimum atomic E-state index is -0.125. The largest absolute Gasteiger partial charge is 0.512 e. The zero-order chi connectivity index (χ0) is 20.8. The van der Waals surface area contributed by atoms with E-state index >= 15 is 0 Å². The van der Waals surface area contributed by atoms with Crippen LogP contribution in [-0.4, -0.2) is 15.9 Å². The van der Waals surface area contributed by atoms with Gasteiger partial charge >= 0.3 is 0 Å². The molecule has 0 saturated carbocycles. The molecule has 0 atom stereocenters. The van der Waals surface area contributed by atoms with Gasteiger partial charge in [-0.3, -0.25) is 9.78 Å². The van der Waals surface area contributed by atoms with Crippen molar-refractivity contribution in [3.8, 4) is 11.3 Å². The zero-order valence-electron chi connectivity index (χ0n) is 17.9. The normalized spacial score (nSPS) is 10.8. The number of aliphatic hydroxyl groups is 1. The maximum absolute atomic E-state index is 10.0.